The molecule has 2 N–H and O–H groups in total. The summed E-state index contributed by atoms with van der Waals surface area (Å²) in [4.78, 5) is 0. The summed E-state index contributed by atoms with van der Waals surface area (Å²) in [5.74, 6) is 0. The van der Waals surface area contributed by atoms with Crippen LogP contribution in [0, 0.1) is 5.41 Å². The Labute approximate surface area is 98.8 Å². The fourth-order valence-corrected chi connectivity index (χ4v) is 1.82. The average Bonchev–Trinajstić information content (AvgIpc) is 2.11. The van der Waals surface area contributed by atoms with Gasteiger partial charge in [0.25, 0.3) is 0 Å². The lowest BCUT2D eigenvalue weighted by Crippen LogP contribution is -2.25. The normalized spacial score (nSPS) is 11.8. The summed E-state index contributed by atoms with van der Waals surface area (Å²) in [5.41, 5.74) is 7.09. The van der Waals surface area contributed by atoms with E-state index in [1.54, 1.807) is 0 Å². The Kier molecular flexibility index (Phi) is 3.99. The van der Waals surface area contributed by atoms with Crippen LogP contribution >= 0.6 is 27.5 Å². The molecular weight excluding hydrogens is 261 g/mol. The van der Waals surface area contributed by atoms with E-state index >= 15 is 0 Å². The lowest BCUT2D eigenvalue weighted by atomic mass is 9.86. The van der Waals surface area contributed by atoms with Gasteiger partial charge in [0.2, 0.25) is 0 Å². The Balaban J connectivity index is 2.83. The Bertz CT molecular complexity index is 323. The SMILES string of the molecule is CC(C)(CN)Cc1ccc(Cl)c(Br)c1. The van der Waals surface area contributed by atoms with Gasteiger partial charge in [-0.15, -0.1) is 0 Å². The molecule has 3 heteroatoms. The Morgan fingerprint density at radius 2 is 2.07 bits per heavy atom. The van der Waals surface area contributed by atoms with Crippen molar-refractivity contribution >= 4 is 27.5 Å². The molecule has 0 aliphatic carbocycles. The zero-order valence-electron chi connectivity index (χ0n) is 8.48. The van der Waals surface area contributed by atoms with E-state index in [-0.39, 0.29) is 5.41 Å². The molecule has 0 aromatic heterocycles. The molecular formula is C11H15BrClN. The highest BCUT2D eigenvalue weighted by Crippen LogP contribution is 2.27. The molecule has 0 aliphatic rings. The molecule has 14 heavy (non-hydrogen) atoms. The topological polar surface area (TPSA) is 26.0 Å². The molecule has 0 atom stereocenters. The van der Waals surface area contributed by atoms with Gasteiger partial charge in [0, 0.05) is 4.47 Å². The standard InChI is InChI=1S/C11H15BrClN/c1-11(2,7-14)6-8-3-4-10(13)9(12)5-8/h3-5H,6-7,14H2,1-2H3. The molecule has 0 fully saturated rings. The van der Waals surface area contributed by atoms with E-state index < -0.39 is 0 Å². The van der Waals surface area contributed by atoms with Crippen LogP contribution in [0.1, 0.15) is 19.4 Å². The number of rotatable bonds is 3. The fraction of sp³-hybridized carbons (Fsp3) is 0.455. The maximum atomic E-state index is 5.91. The van der Waals surface area contributed by atoms with E-state index in [1.165, 1.54) is 5.56 Å². The van der Waals surface area contributed by atoms with Gasteiger partial charge in [-0.05, 0) is 52.0 Å². The van der Waals surface area contributed by atoms with Crippen molar-refractivity contribution in [1.29, 1.82) is 0 Å². The summed E-state index contributed by atoms with van der Waals surface area (Å²) >= 11 is 9.33. The molecule has 1 rings (SSSR count). The van der Waals surface area contributed by atoms with Gasteiger partial charge in [0.1, 0.15) is 0 Å². The molecule has 0 radical (unpaired) electrons. The van der Waals surface area contributed by atoms with E-state index in [4.69, 9.17) is 17.3 Å². The summed E-state index contributed by atoms with van der Waals surface area (Å²) < 4.78 is 0.949. The number of hydrogen-bond donors (Lipinski definition) is 1. The summed E-state index contributed by atoms with van der Waals surface area (Å²) in [6, 6.07) is 6.01. The first kappa shape index (κ1) is 12.0. The second-order valence-electron chi connectivity index (χ2n) is 4.29. The third-order valence-electron chi connectivity index (χ3n) is 2.22. The third-order valence-corrected chi connectivity index (χ3v) is 3.43. The molecule has 1 aromatic rings. The van der Waals surface area contributed by atoms with Gasteiger partial charge in [-0.1, -0.05) is 31.5 Å². The zero-order chi connectivity index (χ0) is 10.8. The zero-order valence-corrected chi connectivity index (χ0v) is 10.8. The van der Waals surface area contributed by atoms with Gasteiger partial charge in [-0.3, -0.25) is 0 Å². The van der Waals surface area contributed by atoms with Crippen molar-refractivity contribution < 1.29 is 0 Å². The predicted molar refractivity (Wildman–Crippen MR) is 65.7 cm³/mol. The lowest BCUT2D eigenvalue weighted by molar-refractivity contribution is 0.377. The fourth-order valence-electron chi connectivity index (χ4n) is 1.27. The van der Waals surface area contributed by atoms with Gasteiger partial charge in [0.15, 0.2) is 0 Å². The molecule has 0 aliphatic heterocycles. The molecule has 1 nitrogen and oxygen atoms in total. The van der Waals surface area contributed by atoms with Crippen LogP contribution in [0.25, 0.3) is 0 Å². The number of nitrogens with two attached hydrogens (primary N) is 1. The first-order valence-corrected chi connectivity index (χ1v) is 5.76. The smallest absolute Gasteiger partial charge is 0.0548 e. The van der Waals surface area contributed by atoms with Gasteiger partial charge in [0.05, 0.1) is 5.02 Å². The molecule has 0 saturated heterocycles. The van der Waals surface area contributed by atoms with Crippen LogP contribution in [-0.4, -0.2) is 6.54 Å². The van der Waals surface area contributed by atoms with Crippen LogP contribution in [0.5, 0.6) is 0 Å². The maximum Gasteiger partial charge on any atom is 0.0548 e. The Morgan fingerprint density at radius 3 is 2.57 bits per heavy atom. The van der Waals surface area contributed by atoms with Crippen LogP contribution in [0.15, 0.2) is 22.7 Å². The van der Waals surface area contributed by atoms with Crippen LogP contribution in [-0.2, 0) is 6.42 Å². The van der Waals surface area contributed by atoms with Crippen molar-refractivity contribution in [3.05, 3.63) is 33.3 Å². The van der Waals surface area contributed by atoms with Crippen molar-refractivity contribution in [2.24, 2.45) is 11.1 Å². The predicted octanol–water partition coefficient (Wildman–Crippen LogP) is 3.63. The van der Waals surface area contributed by atoms with Crippen LogP contribution in [0.2, 0.25) is 5.02 Å². The van der Waals surface area contributed by atoms with E-state index in [0.29, 0.717) is 6.54 Å². The Morgan fingerprint density at radius 1 is 1.43 bits per heavy atom. The van der Waals surface area contributed by atoms with Crippen molar-refractivity contribution in [3.8, 4) is 0 Å². The molecule has 0 saturated carbocycles. The van der Waals surface area contributed by atoms with Gasteiger partial charge < -0.3 is 5.73 Å². The average molecular weight is 277 g/mol. The van der Waals surface area contributed by atoms with Crippen LogP contribution < -0.4 is 5.73 Å². The number of hydrogen-bond acceptors (Lipinski definition) is 1. The van der Waals surface area contributed by atoms with Crippen LogP contribution in [0.3, 0.4) is 0 Å². The highest BCUT2D eigenvalue weighted by atomic mass is 79.9. The minimum absolute atomic E-state index is 0.146. The Hall–Kier alpha value is -0.0500. The van der Waals surface area contributed by atoms with Crippen molar-refractivity contribution in [2.45, 2.75) is 20.3 Å². The molecule has 0 amide bonds. The highest BCUT2D eigenvalue weighted by molar-refractivity contribution is 9.10. The number of benzene rings is 1. The van der Waals surface area contributed by atoms with Crippen molar-refractivity contribution in [2.75, 3.05) is 6.54 Å². The van der Waals surface area contributed by atoms with Crippen molar-refractivity contribution in [3.63, 3.8) is 0 Å². The quantitative estimate of drug-likeness (QED) is 0.896. The molecule has 0 bridgehead atoms. The van der Waals surface area contributed by atoms with E-state index in [9.17, 15) is 0 Å². The van der Waals surface area contributed by atoms with Gasteiger partial charge in [-0.25, -0.2) is 0 Å². The largest absolute Gasteiger partial charge is 0.330 e. The minimum atomic E-state index is 0.146. The van der Waals surface area contributed by atoms with E-state index in [0.717, 1.165) is 15.9 Å². The summed E-state index contributed by atoms with van der Waals surface area (Å²) in [7, 11) is 0. The molecule has 1 aromatic carbocycles. The first-order valence-electron chi connectivity index (χ1n) is 4.58. The second kappa shape index (κ2) is 4.65. The summed E-state index contributed by atoms with van der Waals surface area (Å²) in [6.45, 7) is 5.01. The molecule has 78 valence electrons. The van der Waals surface area contributed by atoms with Gasteiger partial charge in [-0.2, -0.15) is 0 Å². The number of halogens is 2. The lowest BCUT2D eigenvalue weighted by Gasteiger charge is -2.22. The third kappa shape index (κ3) is 3.26. The summed E-state index contributed by atoms with van der Waals surface area (Å²) in [5, 5.41) is 0.749. The van der Waals surface area contributed by atoms with E-state index in [2.05, 4.69) is 35.8 Å². The second-order valence-corrected chi connectivity index (χ2v) is 5.56. The minimum Gasteiger partial charge on any atom is -0.330 e. The monoisotopic (exact) mass is 275 g/mol. The highest BCUT2D eigenvalue weighted by Gasteiger charge is 2.16. The summed E-state index contributed by atoms with van der Waals surface area (Å²) in [6.07, 6.45) is 0.971. The molecule has 0 heterocycles. The van der Waals surface area contributed by atoms with E-state index in [1.807, 2.05) is 12.1 Å². The molecule has 0 unspecified atom stereocenters. The van der Waals surface area contributed by atoms with Crippen molar-refractivity contribution in [1.82, 2.24) is 0 Å². The first-order chi connectivity index (χ1) is 6.44. The van der Waals surface area contributed by atoms with Crippen LogP contribution in [0.4, 0.5) is 0 Å². The molecule has 0 spiro atoms. The maximum absolute atomic E-state index is 5.91. The van der Waals surface area contributed by atoms with Gasteiger partial charge >= 0.3 is 0 Å².